The summed E-state index contributed by atoms with van der Waals surface area (Å²) in [5.74, 6) is 0.745. The molecular formula is C14H13BrN2O3. The zero-order valence-corrected chi connectivity index (χ0v) is 12.6. The first-order valence-electron chi connectivity index (χ1n) is 5.87. The standard InChI is InChI=1S/C14H13BrN2O3/c1-16-14-12(15)7-10(8-13(14)17(18)19)9-3-5-11(20-2)6-4-9/h3-8,16H,1-2H3. The van der Waals surface area contributed by atoms with Crippen molar-refractivity contribution in [3.63, 3.8) is 0 Å². The molecule has 0 atom stereocenters. The van der Waals surface area contributed by atoms with Crippen molar-refractivity contribution in [2.45, 2.75) is 0 Å². The molecule has 0 spiro atoms. The third kappa shape index (κ3) is 2.75. The van der Waals surface area contributed by atoms with Crippen LogP contribution in [0.2, 0.25) is 0 Å². The van der Waals surface area contributed by atoms with Crippen LogP contribution in [0.5, 0.6) is 5.75 Å². The first kappa shape index (κ1) is 14.3. The molecule has 0 saturated carbocycles. The van der Waals surface area contributed by atoms with Crippen molar-refractivity contribution in [3.05, 3.63) is 51.0 Å². The Balaban J connectivity index is 2.54. The summed E-state index contributed by atoms with van der Waals surface area (Å²) in [7, 11) is 3.25. The van der Waals surface area contributed by atoms with Gasteiger partial charge in [-0.3, -0.25) is 10.1 Å². The number of ether oxygens (including phenoxy) is 1. The normalized spacial score (nSPS) is 10.2. The number of hydrogen-bond donors (Lipinski definition) is 1. The number of nitrogens with zero attached hydrogens (tertiary/aromatic N) is 1. The number of nitro groups is 1. The smallest absolute Gasteiger partial charge is 0.294 e. The minimum absolute atomic E-state index is 0.0349. The van der Waals surface area contributed by atoms with Crippen LogP contribution in [-0.2, 0) is 0 Å². The predicted molar refractivity (Wildman–Crippen MR) is 82.3 cm³/mol. The maximum Gasteiger partial charge on any atom is 0.294 e. The van der Waals surface area contributed by atoms with Gasteiger partial charge >= 0.3 is 0 Å². The monoisotopic (exact) mass is 336 g/mol. The van der Waals surface area contributed by atoms with Crippen LogP contribution in [-0.4, -0.2) is 19.1 Å². The number of methoxy groups -OCH3 is 1. The third-order valence-electron chi connectivity index (χ3n) is 2.94. The molecule has 0 radical (unpaired) electrons. The van der Waals surface area contributed by atoms with Gasteiger partial charge in [0.25, 0.3) is 5.69 Å². The molecule has 0 aliphatic rings. The van der Waals surface area contributed by atoms with Gasteiger partial charge in [0.1, 0.15) is 11.4 Å². The average molecular weight is 337 g/mol. The lowest BCUT2D eigenvalue weighted by atomic mass is 10.0. The second kappa shape index (κ2) is 5.92. The van der Waals surface area contributed by atoms with Crippen LogP contribution in [0, 0.1) is 10.1 Å². The van der Waals surface area contributed by atoms with Gasteiger partial charge in [-0.2, -0.15) is 0 Å². The van der Waals surface area contributed by atoms with Crippen molar-refractivity contribution in [2.24, 2.45) is 0 Å². The van der Waals surface area contributed by atoms with Crippen LogP contribution >= 0.6 is 15.9 Å². The summed E-state index contributed by atoms with van der Waals surface area (Å²) >= 11 is 3.36. The Morgan fingerprint density at radius 1 is 1.20 bits per heavy atom. The molecule has 1 N–H and O–H groups in total. The molecule has 2 rings (SSSR count). The molecule has 0 aliphatic heterocycles. The van der Waals surface area contributed by atoms with E-state index in [0.29, 0.717) is 10.2 Å². The highest BCUT2D eigenvalue weighted by molar-refractivity contribution is 9.10. The van der Waals surface area contributed by atoms with E-state index in [2.05, 4.69) is 21.2 Å². The molecule has 0 heterocycles. The number of rotatable bonds is 4. The second-order valence-corrected chi connectivity index (χ2v) is 4.94. The lowest BCUT2D eigenvalue weighted by Crippen LogP contribution is -1.98. The topological polar surface area (TPSA) is 64.4 Å². The Labute approximate surface area is 124 Å². The van der Waals surface area contributed by atoms with E-state index in [0.717, 1.165) is 16.9 Å². The van der Waals surface area contributed by atoms with Gasteiger partial charge in [0.05, 0.1) is 12.0 Å². The van der Waals surface area contributed by atoms with Crippen LogP contribution in [0.4, 0.5) is 11.4 Å². The molecule has 0 fully saturated rings. The molecule has 6 heteroatoms. The number of anilines is 1. The Morgan fingerprint density at radius 2 is 1.85 bits per heavy atom. The highest BCUT2D eigenvalue weighted by Gasteiger charge is 2.18. The summed E-state index contributed by atoms with van der Waals surface area (Å²) in [6.07, 6.45) is 0. The van der Waals surface area contributed by atoms with Gasteiger partial charge in [-0.25, -0.2) is 0 Å². The predicted octanol–water partition coefficient (Wildman–Crippen LogP) is 4.07. The molecule has 0 aliphatic carbocycles. The summed E-state index contributed by atoms with van der Waals surface area (Å²) in [6.45, 7) is 0. The van der Waals surface area contributed by atoms with Crippen LogP contribution in [0.15, 0.2) is 40.9 Å². The van der Waals surface area contributed by atoms with E-state index in [-0.39, 0.29) is 5.69 Å². The maximum atomic E-state index is 11.1. The number of halogens is 1. The molecule has 0 bridgehead atoms. The minimum atomic E-state index is -0.399. The van der Waals surface area contributed by atoms with Crippen LogP contribution in [0.3, 0.4) is 0 Å². The molecule has 104 valence electrons. The van der Waals surface area contributed by atoms with Gasteiger partial charge in [-0.1, -0.05) is 12.1 Å². The van der Waals surface area contributed by atoms with Gasteiger partial charge in [-0.05, 0) is 45.3 Å². The average Bonchev–Trinajstić information content (AvgIpc) is 2.46. The van der Waals surface area contributed by atoms with Gasteiger partial charge in [0, 0.05) is 17.6 Å². The number of hydrogen-bond acceptors (Lipinski definition) is 4. The summed E-state index contributed by atoms with van der Waals surface area (Å²) in [4.78, 5) is 10.7. The van der Waals surface area contributed by atoms with Gasteiger partial charge in [0.15, 0.2) is 0 Å². The van der Waals surface area contributed by atoms with E-state index in [9.17, 15) is 10.1 Å². The number of nitrogens with one attached hydrogen (secondary N) is 1. The Kier molecular flexibility index (Phi) is 4.24. The number of benzene rings is 2. The quantitative estimate of drug-likeness (QED) is 0.675. The molecule has 2 aromatic carbocycles. The highest BCUT2D eigenvalue weighted by Crippen LogP contribution is 2.37. The fourth-order valence-corrected chi connectivity index (χ4v) is 2.58. The summed E-state index contributed by atoms with van der Waals surface area (Å²) < 4.78 is 5.75. The third-order valence-corrected chi connectivity index (χ3v) is 3.56. The highest BCUT2D eigenvalue weighted by atomic mass is 79.9. The minimum Gasteiger partial charge on any atom is -0.497 e. The Bertz CT molecular complexity index is 642. The Hall–Kier alpha value is -2.08. The van der Waals surface area contributed by atoms with Crippen molar-refractivity contribution in [2.75, 3.05) is 19.5 Å². The maximum absolute atomic E-state index is 11.1. The van der Waals surface area contributed by atoms with Crippen LogP contribution in [0.1, 0.15) is 0 Å². The van der Waals surface area contributed by atoms with Gasteiger partial charge in [-0.15, -0.1) is 0 Å². The fraction of sp³-hybridized carbons (Fsp3) is 0.143. The summed E-state index contributed by atoms with van der Waals surface area (Å²) in [6, 6.07) is 10.8. The van der Waals surface area contributed by atoms with Crippen molar-refractivity contribution in [3.8, 4) is 16.9 Å². The fourth-order valence-electron chi connectivity index (χ4n) is 1.93. The molecular weight excluding hydrogens is 324 g/mol. The van der Waals surface area contributed by atoms with Crippen LogP contribution < -0.4 is 10.1 Å². The lowest BCUT2D eigenvalue weighted by molar-refractivity contribution is -0.383. The van der Waals surface area contributed by atoms with Crippen LogP contribution in [0.25, 0.3) is 11.1 Å². The molecule has 0 amide bonds. The van der Waals surface area contributed by atoms with E-state index in [1.807, 2.05) is 30.3 Å². The first-order valence-corrected chi connectivity index (χ1v) is 6.66. The van der Waals surface area contributed by atoms with Gasteiger partial charge < -0.3 is 10.1 Å². The van der Waals surface area contributed by atoms with Crippen molar-refractivity contribution in [1.29, 1.82) is 0 Å². The molecule has 0 aromatic heterocycles. The first-order chi connectivity index (χ1) is 9.56. The molecule has 5 nitrogen and oxygen atoms in total. The summed E-state index contributed by atoms with van der Waals surface area (Å²) in [5.41, 5.74) is 2.16. The second-order valence-electron chi connectivity index (χ2n) is 4.09. The lowest BCUT2D eigenvalue weighted by Gasteiger charge is -2.09. The van der Waals surface area contributed by atoms with Crippen molar-refractivity contribution < 1.29 is 9.66 Å². The van der Waals surface area contributed by atoms with E-state index >= 15 is 0 Å². The zero-order valence-electron chi connectivity index (χ0n) is 11.0. The van der Waals surface area contributed by atoms with Crippen molar-refractivity contribution >= 4 is 27.3 Å². The van der Waals surface area contributed by atoms with E-state index in [4.69, 9.17) is 4.74 Å². The largest absolute Gasteiger partial charge is 0.497 e. The number of nitro benzene ring substituents is 1. The van der Waals surface area contributed by atoms with Crippen molar-refractivity contribution in [1.82, 2.24) is 0 Å². The van der Waals surface area contributed by atoms with Gasteiger partial charge in [0.2, 0.25) is 0 Å². The molecule has 0 saturated heterocycles. The molecule has 20 heavy (non-hydrogen) atoms. The Morgan fingerprint density at radius 3 is 2.35 bits per heavy atom. The SMILES string of the molecule is CNc1c(Br)cc(-c2ccc(OC)cc2)cc1[N+](=O)[O-]. The molecule has 2 aromatic rings. The van der Waals surface area contributed by atoms with E-state index in [1.165, 1.54) is 0 Å². The summed E-state index contributed by atoms with van der Waals surface area (Å²) in [5, 5.41) is 14.0. The van der Waals surface area contributed by atoms with E-state index in [1.54, 1.807) is 20.2 Å². The van der Waals surface area contributed by atoms with E-state index < -0.39 is 4.92 Å². The zero-order chi connectivity index (χ0) is 14.7. The molecule has 0 unspecified atom stereocenters.